The molecule has 150 valence electrons. The Hall–Kier alpha value is -3.35. The summed E-state index contributed by atoms with van der Waals surface area (Å²) >= 11 is 0. The lowest BCUT2D eigenvalue weighted by molar-refractivity contribution is 0.415. The normalized spacial score (nSPS) is 13.4. The van der Waals surface area contributed by atoms with Crippen LogP contribution in [0.1, 0.15) is 24.0 Å². The number of nitrogens with one attached hydrogen (secondary N) is 2. The van der Waals surface area contributed by atoms with Crippen LogP contribution in [-0.2, 0) is 0 Å². The van der Waals surface area contributed by atoms with Crippen LogP contribution in [0.25, 0.3) is 0 Å². The van der Waals surface area contributed by atoms with Crippen LogP contribution in [0.4, 0.5) is 29.2 Å². The fourth-order valence-corrected chi connectivity index (χ4v) is 3.54. The minimum absolute atomic E-state index is 0.502. The monoisotopic (exact) mass is 390 g/mol. The number of methoxy groups -OCH3 is 1. The van der Waals surface area contributed by atoms with E-state index < -0.39 is 0 Å². The number of rotatable bonds is 6. The van der Waals surface area contributed by atoms with Crippen molar-refractivity contribution in [3.05, 3.63) is 53.6 Å². The standard InChI is InChI=1S/C22H26N6O/c1-15-11-16(2)13-18(12-15)24-21-25-20(23-17-7-6-8-19(14-17)29-3)26-22(27-21)28-9-4-5-10-28/h6-8,11-14H,4-5,9-10H2,1-3H3,(H2,23,24,25,26,27). The Labute approximate surface area is 171 Å². The molecule has 2 aromatic carbocycles. The summed E-state index contributed by atoms with van der Waals surface area (Å²) in [5.74, 6) is 2.49. The summed E-state index contributed by atoms with van der Waals surface area (Å²) in [4.78, 5) is 16.1. The van der Waals surface area contributed by atoms with Gasteiger partial charge in [-0.15, -0.1) is 0 Å². The molecular formula is C22H26N6O. The molecule has 0 radical (unpaired) electrons. The van der Waals surface area contributed by atoms with E-state index in [-0.39, 0.29) is 0 Å². The van der Waals surface area contributed by atoms with Gasteiger partial charge in [0.15, 0.2) is 0 Å². The van der Waals surface area contributed by atoms with Crippen LogP contribution in [0.5, 0.6) is 5.75 Å². The van der Waals surface area contributed by atoms with Crippen molar-refractivity contribution in [3.63, 3.8) is 0 Å². The van der Waals surface area contributed by atoms with Gasteiger partial charge in [-0.2, -0.15) is 15.0 Å². The molecule has 0 atom stereocenters. The van der Waals surface area contributed by atoms with Gasteiger partial charge in [0, 0.05) is 30.5 Å². The van der Waals surface area contributed by atoms with E-state index in [1.807, 2.05) is 24.3 Å². The molecule has 1 fully saturated rings. The molecule has 29 heavy (non-hydrogen) atoms. The minimum atomic E-state index is 0.502. The van der Waals surface area contributed by atoms with Gasteiger partial charge in [-0.1, -0.05) is 12.1 Å². The molecule has 1 saturated heterocycles. The summed E-state index contributed by atoms with van der Waals surface area (Å²) in [6, 6.07) is 14.0. The van der Waals surface area contributed by atoms with Gasteiger partial charge >= 0.3 is 0 Å². The van der Waals surface area contributed by atoms with E-state index in [1.165, 1.54) is 11.1 Å². The smallest absolute Gasteiger partial charge is 0.233 e. The summed E-state index contributed by atoms with van der Waals surface area (Å²) < 4.78 is 5.31. The second-order valence-corrected chi connectivity index (χ2v) is 7.34. The van der Waals surface area contributed by atoms with Crippen molar-refractivity contribution in [1.29, 1.82) is 0 Å². The first-order chi connectivity index (χ1) is 14.1. The van der Waals surface area contributed by atoms with E-state index in [0.717, 1.165) is 43.1 Å². The van der Waals surface area contributed by atoms with Crippen LogP contribution in [0.2, 0.25) is 0 Å². The molecule has 1 aliphatic rings. The van der Waals surface area contributed by atoms with E-state index in [2.05, 4.69) is 62.5 Å². The number of anilines is 5. The Balaban J connectivity index is 1.66. The first-order valence-electron chi connectivity index (χ1n) is 9.86. The summed E-state index contributed by atoms with van der Waals surface area (Å²) in [7, 11) is 1.65. The van der Waals surface area contributed by atoms with Crippen LogP contribution in [0, 0.1) is 13.8 Å². The summed E-state index contributed by atoms with van der Waals surface area (Å²) in [6.07, 6.45) is 2.31. The van der Waals surface area contributed by atoms with E-state index >= 15 is 0 Å². The third kappa shape index (κ3) is 4.74. The molecule has 4 rings (SSSR count). The van der Waals surface area contributed by atoms with Gasteiger partial charge in [-0.25, -0.2) is 0 Å². The molecule has 0 spiro atoms. The molecule has 0 saturated carbocycles. The molecule has 0 aliphatic carbocycles. The molecule has 7 heteroatoms. The Morgan fingerprint density at radius 2 is 1.48 bits per heavy atom. The zero-order valence-corrected chi connectivity index (χ0v) is 17.1. The molecule has 3 aromatic rings. The summed E-state index contributed by atoms with van der Waals surface area (Å²) in [5.41, 5.74) is 4.21. The summed E-state index contributed by atoms with van der Waals surface area (Å²) in [6.45, 7) is 6.09. The molecule has 0 bridgehead atoms. The van der Waals surface area contributed by atoms with Gasteiger partial charge in [0.25, 0.3) is 0 Å². The Bertz CT molecular complexity index is 980. The van der Waals surface area contributed by atoms with E-state index in [9.17, 15) is 0 Å². The number of nitrogens with zero attached hydrogens (tertiary/aromatic N) is 4. The maximum atomic E-state index is 5.31. The molecule has 0 amide bonds. The molecule has 2 heterocycles. The topological polar surface area (TPSA) is 75.2 Å². The van der Waals surface area contributed by atoms with Crippen molar-refractivity contribution in [3.8, 4) is 5.75 Å². The van der Waals surface area contributed by atoms with Crippen molar-refractivity contribution < 1.29 is 4.74 Å². The molecule has 2 N–H and O–H groups in total. The van der Waals surface area contributed by atoms with Crippen LogP contribution < -0.4 is 20.3 Å². The van der Waals surface area contributed by atoms with Crippen molar-refractivity contribution in [2.45, 2.75) is 26.7 Å². The highest BCUT2D eigenvalue weighted by Crippen LogP contribution is 2.25. The first-order valence-corrected chi connectivity index (χ1v) is 9.86. The van der Waals surface area contributed by atoms with Gasteiger partial charge < -0.3 is 20.3 Å². The number of ether oxygens (including phenoxy) is 1. The van der Waals surface area contributed by atoms with E-state index in [1.54, 1.807) is 7.11 Å². The Morgan fingerprint density at radius 3 is 2.14 bits per heavy atom. The Morgan fingerprint density at radius 1 is 0.828 bits per heavy atom. The van der Waals surface area contributed by atoms with Gasteiger partial charge in [0.2, 0.25) is 17.8 Å². The van der Waals surface area contributed by atoms with Gasteiger partial charge in [0.05, 0.1) is 7.11 Å². The Kier molecular flexibility index (Phi) is 5.46. The average Bonchev–Trinajstić information content (AvgIpc) is 3.22. The van der Waals surface area contributed by atoms with Gasteiger partial charge in [0.1, 0.15) is 5.75 Å². The predicted octanol–water partition coefficient (Wildman–Crippen LogP) is 4.58. The van der Waals surface area contributed by atoms with Crippen LogP contribution >= 0.6 is 0 Å². The number of benzene rings is 2. The zero-order valence-electron chi connectivity index (χ0n) is 17.1. The average molecular weight is 390 g/mol. The van der Waals surface area contributed by atoms with Gasteiger partial charge in [-0.3, -0.25) is 0 Å². The van der Waals surface area contributed by atoms with E-state index in [0.29, 0.717) is 17.8 Å². The molecule has 7 nitrogen and oxygen atoms in total. The molecular weight excluding hydrogens is 364 g/mol. The number of aromatic nitrogens is 3. The number of hydrogen-bond donors (Lipinski definition) is 2. The number of aryl methyl sites for hydroxylation is 2. The lowest BCUT2D eigenvalue weighted by atomic mass is 10.1. The van der Waals surface area contributed by atoms with Crippen molar-refractivity contribution in [1.82, 2.24) is 15.0 Å². The molecule has 1 aliphatic heterocycles. The van der Waals surface area contributed by atoms with Gasteiger partial charge in [-0.05, 0) is 62.1 Å². The zero-order chi connectivity index (χ0) is 20.2. The fraction of sp³-hybridized carbons (Fsp3) is 0.318. The fourth-order valence-electron chi connectivity index (χ4n) is 3.54. The van der Waals surface area contributed by atoms with Crippen molar-refractivity contribution in [2.24, 2.45) is 0 Å². The van der Waals surface area contributed by atoms with E-state index in [4.69, 9.17) is 4.74 Å². The maximum absolute atomic E-state index is 5.31. The summed E-state index contributed by atoms with van der Waals surface area (Å²) in [5, 5.41) is 6.63. The minimum Gasteiger partial charge on any atom is -0.497 e. The van der Waals surface area contributed by atoms with Crippen LogP contribution in [0.3, 0.4) is 0 Å². The van der Waals surface area contributed by atoms with Crippen LogP contribution in [-0.4, -0.2) is 35.2 Å². The molecule has 0 unspecified atom stereocenters. The largest absolute Gasteiger partial charge is 0.497 e. The quantitative estimate of drug-likeness (QED) is 0.638. The van der Waals surface area contributed by atoms with Crippen LogP contribution in [0.15, 0.2) is 42.5 Å². The second-order valence-electron chi connectivity index (χ2n) is 7.34. The highest BCUT2D eigenvalue weighted by molar-refractivity contribution is 5.61. The van der Waals surface area contributed by atoms with Crippen molar-refractivity contribution >= 4 is 29.2 Å². The number of hydrogen-bond acceptors (Lipinski definition) is 7. The third-order valence-corrected chi connectivity index (χ3v) is 4.82. The SMILES string of the molecule is COc1cccc(Nc2nc(Nc3cc(C)cc(C)c3)nc(N3CCCC3)n2)c1. The lowest BCUT2D eigenvalue weighted by Crippen LogP contribution is -2.21. The molecule has 1 aromatic heterocycles. The highest BCUT2D eigenvalue weighted by atomic mass is 16.5. The van der Waals surface area contributed by atoms with Crippen molar-refractivity contribution in [2.75, 3.05) is 35.7 Å². The third-order valence-electron chi connectivity index (χ3n) is 4.82. The predicted molar refractivity (Wildman–Crippen MR) is 117 cm³/mol. The maximum Gasteiger partial charge on any atom is 0.233 e. The second kappa shape index (κ2) is 8.34. The first kappa shape index (κ1) is 19.0. The highest BCUT2D eigenvalue weighted by Gasteiger charge is 2.18. The lowest BCUT2D eigenvalue weighted by Gasteiger charge is -2.17.